The third-order valence-electron chi connectivity index (χ3n) is 5.14. The molecule has 0 bridgehead atoms. The van der Waals surface area contributed by atoms with Crippen molar-refractivity contribution in [1.82, 2.24) is 19.8 Å². The minimum atomic E-state index is -0.397. The quantitative estimate of drug-likeness (QED) is 0.465. The highest BCUT2D eigenvalue weighted by Crippen LogP contribution is 2.30. The van der Waals surface area contributed by atoms with Gasteiger partial charge < -0.3 is 14.8 Å². The molecule has 32 heavy (non-hydrogen) atoms. The molecule has 1 N–H and O–H groups in total. The average molecular weight is 452 g/mol. The Bertz CT molecular complexity index is 1300. The molecule has 0 spiro atoms. The van der Waals surface area contributed by atoms with E-state index in [1.807, 2.05) is 37.3 Å². The number of ether oxygens (including phenoxy) is 2. The number of rotatable bonds is 6. The van der Waals surface area contributed by atoms with Crippen LogP contribution in [0.1, 0.15) is 27.4 Å². The smallest absolute Gasteiger partial charge is 0.278 e. The molecule has 0 radical (unpaired) electrons. The summed E-state index contributed by atoms with van der Waals surface area (Å²) in [6.45, 7) is 3.96. The van der Waals surface area contributed by atoms with Crippen LogP contribution >= 0.6 is 11.6 Å². The first-order valence-corrected chi connectivity index (χ1v) is 10.3. The van der Waals surface area contributed by atoms with E-state index in [2.05, 4.69) is 20.6 Å². The van der Waals surface area contributed by atoms with Gasteiger partial charge >= 0.3 is 0 Å². The lowest BCUT2D eigenvalue weighted by Crippen LogP contribution is -2.18. The number of methoxy groups -OCH3 is 2. The largest absolute Gasteiger partial charge is 0.497 e. The number of anilines is 1. The lowest BCUT2D eigenvalue weighted by molar-refractivity contribution is 0.102. The van der Waals surface area contributed by atoms with E-state index >= 15 is 0 Å². The number of nitrogens with one attached hydrogen (secondary N) is 1. The Hall–Kier alpha value is -3.49. The Morgan fingerprint density at radius 3 is 2.50 bits per heavy atom. The van der Waals surface area contributed by atoms with Gasteiger partial charge in [-0.05, 0) is 49.2 Å². The van der Waals surface area contributed by atoms with E-state index in [4.69, 9.17) is 21.1 Å². The second-order valence-electron chi connectivity index (χ2n) is 7.27. The van der Waals surface area contributed by atoms with Crippen LogP contribution in [-0.4, -0.2) is 39.9 Å². The van der Waals surface area contributed by atoms with E-state index in [-0.39, 0.29) is 12.3 Å². The summed E-state index contributed by atoms with van der Waals surface area (Å²) in [4.78, 5) is 12.9. The van der Waals surface area contributed by atoms with Gasteiger partial charge in [-0.1, -0.05) is 29.8 Å². The van der Waals surface area contributed by atoms with Gasteiger partial charge in [-0.3, -0.25) is 4.79 Å². The minimum Gasteiger partial charge on any atom is -0.497 e. The number of aryl methyl sites for hydroxylation is 2. The predicted molar refractivity (Wildman–Crippen MR) is 122 cm³/mol. The molecule has 2 heterocycles. The van der Waals surface area contributed by atoms with Crippen molar-refractivity contribution in [3.05, 3.63) is 70.1 Å². The number of benzene rings is 2. The Balaban J connectivity index is 1.76. The van der Waals surface area contributed by atoms with E-state index in [0.717, 1.165) is 22.4 Å². The van der Waals surface area contributed by atoms with Gasteiger partial charge in [0.2, 0.25) is 0 Å². The molecule has 0 saturated heterocycles. The topological polar surface area (TPSA) is 90.6 Å². The molecule has 0 atom stereocenters. The van der Waals surface area contributed by atoms with Gasteiger partial charge in [0.05, 0.1) is 30.7 Å². The van der Waals surface area contributed by atoms with E-state index in [0.29, 0.717) is 27.7 Å². The zero-order chi connectivity index (χ0) is 22.8. The number of halogens is 1. The van der Waals surface area contributed by atoms with Gasteiger partial charge in [0.1, 0.15) is 5.75 Å². The average Bonchev–Trinajstić information content (AvgIpc) is 3.16. The second kappa shape index (κ2) is 8.94. The summed E-state index contributed by atoms with van der Waals surface area (Å²) < 4.78 is 12.2. The Labute approximate surface area is 190 Å². The van der Waals surface area contributed by atoms with Crippen molar-refractivity contribution in [1.29, 1.82) is 0 Å². The Morgan fingerprint density at radius 2 is 1.84 bits per heavy atom. The van der Waals surface area contributed by atoms with Gasteiger partial charge in [0.15, 0.2) is 11.3 Å². The van der Waals surface area contributed by atoms with Crippen molar-refractivity contribution >= 4 is 28.8 Å². The van der Waals surface area contributed by atoms with Crippen LogP contribution in [0.15, 0.2) is 42.5 Å². The van der Waals surface area contributed by atoms with Crippen LogP contribution in [0.4, 0.5) is 5.69 Å². The zero-order valence-corrected chi connectivity index (χ0v) is 18.9. The van der Waals surface area contributed by atoms with E-state index < -0.39 is 5.91 Å². The van der Waals surface area contributed by atoms with Crippen molar-refractivity contribution in [3.63, 3.8) is 0 Å². The van der Waals surface area contributed by atoms with Crippen LogP contribution in [0.5, 0.6) is 5.75 Å². The zero-order valence-electron chi connectivity index (χ0n) is 18.1. The molecular formula is C23H22ClN5O3. The van der Waals surface area contributed by atoms with E-state index in [9.17, 15) is 4.79 Å². The molecule has 2 aromatic carbocycles. The van der Waals surface area contributed by atoms with Gasteiger partial charge in [-0.15, -0.1) is 10.2 Å². The SMILES string of the molecule is COCc1nn2c(C)c(C(=O)Nc3ccc(C)c(Cl)c3)nnc2c1-c1ccc(OC)cc1. The molecule has 164 valence electrons. The monoisotopic (exact) mass is 451 g/mol. The fraction of sp³-hybridized carbons (Fsp3) is 0.217. The number of aromatic nitrogens is 4. The summed E-state index contributed by atoms with van der Waals surface area (Å²) in [5.41, 5.74) is 5.15. The summed E-state index contributed by atoms with van der Waals surface area (Å²) in [5.74, 6) is 0.350. The molecule has 0 saturated carbocycles. The summed E-state index contributed by atoms with van der Waals surface area (Å²) in [6.07, 6.45) is 0. The van der Waals surface area contributed by atoms with Crippen molar-refractivity contribution < 1.29 is 14.3 Å². The van der Waals surface area contributed by atoms with Crippen LogP contribution in [-0.2, 0) is 11.3 Å². The normalized spacial score (nSPS) is 11.0. The fourth-order valence-electron chi connectivity index (χ4n) is 3.41. The van der Waals surface area contributed by atoms with Crippen molar-refractivity contribution in [2.45, 2.75) is 20.5 Å². The highest BCUT2D eigenvalue weighted by atomic mass is 35.5. The highest BCUT2D eigenvalue weighted by Gasteiger charge is 2.22. The van der Waals surface area contributed by atoms with Crippen LogP contribution in [0.25, 0.3) is 16.8 Å². The second-order valence-corrected chi connectivity index (χ2v) is 7.68. The van der Waals surface area contributed by atoms with Crippen LogP contribution in [0.2, 0.25) is 5.02 Å². The molecule has 9 heteroatoms. The maximum Gasteiger partial charge on any atom is 0.278 e. The number of carbonyl (C=O) groups excluding carboxylic acids is 1. The fourth-order valence-corrected chi connectivity index (χ4v) is 3.59. The van der Waals surface area contributed by atoms with Gasteiger partial charge in [-0.25, -0.2) is 4.52 Å². The van der Waals surface area contributed by atoms with Crippen molar-refractivity contribution in [3.8, 4) is 16.9 Å². The van der Waals surface area contributed by atoms with Crippen molar-refractivity contribution in [2.24, 2.45) is 0 Å². The number of fused-ring (bicyclic) bond motifs is 1. The maximum atomic E-state index is 12.9. The van der Waals surface area contributed by atoms with E-state index in [1.54, 1.807) is 37.8 Å². The predicted octanol–water partition coefficient (Wildman–Crippen LogP) is 4.47. The van der Waals surface area contributed by atoms with Gasteiger partial charge in [-0.2, -0.15) is 5.10 Å². The molecule has 0 aliphatic rings. The molecular weight excluding hydrogens is 430 g/mol. The molecule has 4 aromatic rings. The molecule has 4 rings (SSSR count). The van der Waals surface area contributed by atoms with Crippen LogP contribution < -0.4 is 10.1 Å². The molecule has 8 nitrogen and oxygen atoms in total. The molecule has 0 unspecified atom stereocenters. The number of hydrogen-bond acceptors (Lipinski definition) is 6. The minimum absolute atomic E-state index is 0.168. The summed E-state index contributed by atoms with van der Waals surface area (Å²) >= 11 is 6.17. The summed E-state index contributed by atoms with van der Waals surface area (Å²) in [6, 6.07) is 12.9. The first-order valence-electron chi connectivity index (χ1n) is 9.88. The Morgan fingerprint density at radius 1 is 1.09 bits per heavy atom. The Kier molecular flexibility index (Phi) is 6.07. The number of carbonyl (C=O) groups is 1. The first kappa shape index (κ1) is 21.7. The van der Waals surface area contributed by atoms with E-state index in [1.165, 1.54) is 0 Å². The summed E-state index contributed by atoms with van der Waals surface area (Å²) in [5, 5.41) is 16.6. The van der Waals surface area contributed by atoms with Gasteiger partial charge in [0.25, 0.3) is 5.91 Å². The molecule has 0 aliphatic heterocycles. The standard InChI is InChI=1S/C23H22ClN5O3/c1-13-5-8-16(11-18(13)24)25-23(30)21-14(2)29-22(27-26-21)20(19(28-29)12-31-3)15-6-9-17(32-4)10-7-15/h5-11H,12H2,1-4H3,(H,25,30). The number of nitrogens with zero attached hydrogens (tertiary/aromatic N) is 4. The third kappa shape index (κ3) is 4.02. The maximum absolute atomic E-state index is 12.9. The number of amides is 1. The number of hydrogen-bond donors (Lipinski definition) is 1. The lowest BCUT2D eigenvalue weighted by atomic mass is 10.1. The highest BCUT2D eigenvalue weighted by molar-refractivity contribution is 6.31. The van der Waals surface area contributed by atoms with Crippen LogP contribution in [0.3, 0.4) is 0 Å². The van der Waals surface area contributed by atoms with Crippen LogP contribution in [0, 0.1) is 13.8 Å². The third-order valence-corrected chi connectivity index (χ3v) is 5.55. The van der Waals surface area contributed by atoms with Crippen molar-refractivity contribution in [2.75, 3.05) is 19.5 Å². The molecule has 0 aliphatic carbocycles. The molecule has 2 aromatic heterocycles. The first-order chi connectivity index (χ1) is 15.4. The molecule has 1 amide bonds. The van der Waals surface area contributed by atoms with Gasteiger partial charge in [0, 0.05) is 17.8 Å². The molecule has 0 fully saturated rings. The summed E-state index contributed by atoms with van der Waals surface area (Å²) in [7, 11) is 3.22. The lowest BCUT2D eigenvalue weighted by Gasteiger charge is -2.09.